The number of rotatable bonds is 12. The van der Waals surface area contributed by atoms with Crippen molar-refractivity contribution in [3.63, 3.8) is 0 Å². The molecule has 12 nitrogen and oxygen atoms in total. The summed E-state index contributed by atoms with van der Waals surface area (Å²) < 4.78 is 35.5. The number of anilines is 1. The number of methoxy groups -OCH3 is 4. The second kappa shape index (κ2) is 13.6. The SMILES string of the molecule is CCOc1ccc2nc(NC(=O)COc3cc(-c4cc(-c5cc(OC)c(OC)c(OC)c5)nn4C(C)=O)ccc3OC)sc2c1. The van der Waals surface area contributed by atoms with E-state index in [-0.39, 0.29) is 12.5 Å². The summed E-state index contributed by atoms with van der Waals surface area (Å²) in [6.45, 7) is 3.59. The van der Waals surface area contributed by atoms with Gasteiger partial charge in [-0.15, -0.1) is 0 Å². The molecule has 2 aromatic heterocycles. The Balaban J connectivity index is 1.39. The van der Waals surface area contributed by atoms with Crippen LogP contribution in [-0.2, 0) is 4.79 Å². The summed E-state index contributed by atoms with van der Waals surface area (Å²) in [5.41, 5.74) is 3.02. The quantitative estimate of drug-likeness (QED) is 0.176. The summed E-state index contributed by atoms with van der Waals surface area (Å²) in [5.74, 6) is 2.10. The molecule has 0 spiro atoms. The Morgan fingerprint density at radius 2 is 1.53 bits per heavy atom. The Bertz CT molecular complexity index is 1840. The molecule has 2 heterocycles. The van der Waals surface area contributed by atoms with Crippen LogP contribution in [0.5, 0.6) is 34.5 Å². The summed E-state index contributed by atoms with van der Waals surface area (Å²) in [6.07, 6.45) is 0. The molecule has 1 N–H and O–H groups in total. The molecule has 0 saturated heterocycles. The Hall–Kier alpha value is -5.30. The zero-order valence-electron chi connectivity index (χ0n) is 25.6. The van der Waals surface area contributed by atoms with E-state index >= 15 is 0 Å². The zero-order valence-corrected chi connectivity index (χ0v) is 26.4. The van der Waals surface area contributed by atoms with Gasteiger partial charge >= 0.3 is 0 Å². The molecule has 5 aromatic rings. The maximum atomic E-state index is 12.8. The van der Waals surface area contributed by atoms with Crippen LogP contribution in [0.1, 0.15) is 18.6 Å². The molecule has 0 bridgehead atoms. The number of carbonyl (C=O) groups excluding carboxylic acids is 2. The van der Waals surface area contributed by atoms with Gasteiger partial charge in [0.1, 0.15) is 5.75 Å². The molecule has 3 aromatic carbocycles. The number of benzene rings is 3. The Kier molecular flexibility index (Phi) is 9.38. The predicted octanol–water partition coefficient (Wildman–Crippen LogP) is 5.94. The minimum absolute atomic E-state index is 0.300. The van der Waals surface area contributed by atoms with Crippen molar-refractivity contribution in [2.75, 3.05) is 47.0 Å². The van der Waals surface area contributed by atoms with Crippen LogP contribution in [0, 0.1) is 0 Å². The number of fused-ring (bicyclic) bond motifs is 1. The van der Waals surface area contributed by atoms with Gasteiger partial charge in [-0.05, 0) is 61.5 Å². The highest BCUT2D eigenvalue weighted by Crippen LogP contribution is 2.42. The fraction of sp³-hybridized carbons (Fsp3) is 0.250. The van der Waals surface area contributed by atoms with Crippen LogP contribution in [0.2, 0.25) is 0 Å². The number of hydrogen-bond donors (Lipinski definition) is 1. The van der Waals surface area contributed by atoms with Crippen molar-refractivity contribution in [2.24, 2.45) is 0 Å². The first-order chi connectivity index (χ1) is 21.8. The summed E-state index contributed by atoms with van der Waals surface area (Å²) >= 11 is 1.34. The first-order valence-electron chi connectivity index (χ1n) is 13.8. The van der Waals surface area contributed by atoms with Crippen LogP contribution in [0.4, 0.5) is 5.13 Å². The van der Waals surface area contributed by atoms with Crippen LogP contribution in [-0.4, -0.2) is 68.2 Å². The van der Waals surface area contributed by atoms with Gasteiger partial charge in [0.2, 0.25) is 11.7 Å². The number of nitrogens with one attached hydrogen (secondary N) is 1. The topological polar surface area (TPSA) is 132 Å². The largest absolute Gasteiger partial charge is 0.494 e. The van der Waals surface area contributed by atoms with E-state index in [9.17, 15) is 9.59 Å². The number of nitrogens with zero attached hydrogens (tertiary/aromatic N) is 3. The minimum atomic E-state index is -0.398. The van der Waals surface area contributed by atoms with Crippen LogP contribution < -0.4 is 33.7 Å². The van der Waals surface area contributed by atoms with E-state index in [1.54, 1.807) is 36.4 Å². The van der Waals surface area contributed by atoms with Crippen LogP contribution in [0.15, 0.2) is 54.6 Å². The third-order valence-electron chi connectivity index (χ3n) is 6.70. The van der Waals surface area contributed by atoms with Crippen molar-refractivity contribution in [2.45, 2.75) is 13.8 Å². The van der Waals surface area contributed by atoms with Crippen molar-refractivity contribution in [3.8, 4) is 57.0 Å². The van der Waals surface area contributed by atoms with Gasteiger partial charge in [0.25, 0.3) is 5.91 Å². The number of ether oxygens (including phenoxy) is 6. The molecule has 0 unspecified atom stereocenters. The van der Waals surface area contributed by atoms with Crippen molar-refractivity contribution in [3.05, 3.63) is 54.6 Å². The average molecular weight is 633 g/mol. The van der Waals surface area contributed by atoms with Crippen LogP contribution in [0.25, 0.3) is 32.7 Å². The van der Waals surface area contributed by atoms with E-state index in [2.05, 4.69) is 15.4 Å². The summed E-state index contributed by atoms with van der Waals surface area (Å²) in [4.78, 5) is 29.9. The third-order valence-corrected chi connectivity index (χ3v) is 7.64. The zero-order chi connectivity index (χ0) is 32.1. The standard InChI is InChI=1S/C32H32N4O8S/c1-7-43-21-9-10-22-29(15-21)45-32(33-22)34-30(38)17-44-26-12-19(8-11-25(26)39-3)24-16-23(35-36(24)18(2)37)20-13-27(40-4)31(42-6)28(14-20)41-5/h8-16H,7,17H2,1-6H3,(H,33,34,38). The van der Waals surface area contributed by atoms with Gasteiger partial charge in [-0.3, -0.25) is 14.9 Å². The lowest BCUT2D eigenvalue weighted by atomic mass is 10.1. The van der Waals surface area contributed by atoms with Crippen molar-refractivity contribution >= 4 is 38.5 Å². The van der Waals surface area contributed by atoms with E-state index in [1.807, 2.05) is 25.1 Å². The summed E-state index contributed by atoms with van der Waals surface area (Å²) in [5, 5.41) is 7.78. The highest BCUT2D eigenvalue weighted by molar-refractivity contribution is 7.22. The lowest BCUT2D eigenvalue weighted by molar-refractivity contribution is -0.118. The van der Waals surface area contributed by atoms with Gasteiger partial charge in [-0.1, -0.05) is 11.3 Å². The first kappa shape index (κ1) is 31.1. The average Bonchev–Trinajstić information content (AvgIpc) is 3.67. The lowest BCUT2D eigenvalue weighted by Gasteiger charge is -2.13. The Morgan fingerprint density at radius 1 is 0.822 bits per heavy atom. The van der Waals surface area contributed by atoms with E-state index < -0.39 is 5.91 Å². The van der Waals surface area contributed by atoms with Gasteiger partial charge in [0, 0.05) is 18.1 Å². The molecule has 234 valence electrons. The van der Waals surface area contributed by atoms with Crippen molar-refractivity contribution in [1.82, 2.24) is 14.8 Å². The van der Waals surface area contributed by atoms with E-state index in [0.29, 0.717) is 63.0 Å². The lowest BCUT2D eigenvalue weighted by Crippen LogP contribution is -2.20. The highest BCUT2D eigenvalue weighted by atomic mass is 32.1. The number of hydrogen-bond acceptors (Lipinski definition) is 11. The van der Waals surface area contributed by atoms with E-state index in [1.165, 1.54) is 51.4 Å². The molecule has 0 atom stereocenters. The minimum Gasteiger partial charge on any atom is -0.494 e. The molecule has 0 aliphatic rings. The number of carbonyl (C=O) groups is 2. The number of aromatic nitrogens is 3. The van der Waals surface area contributed by atoms with E-state index in [4.69, 9.17) is 28.4 Å². The molecule has 0 radical (unpaired) electrons. The Morgan fingerprint density at radius 3 is 2.18 bits per heavy atom. The number of amides is 1. The van der Waals surface area contributed by atoms with E-state index in [0.717, 1.165) is 16.0 Å². The maximum absolute atomic E-state index is 12.8. The summed E-state index contributed by atoms with van der Waals surface area (Å²) in [6, 6.07) is 16.0. The normalized spacial score (nSPS) is 10.8. The van der Waals surface area contributed by atoms with Crippen molar-refractivity contribution < 1.29 is 38.0 Å². The monoisotopic (exact) mass is 632 g/mol. The Labute approximate surface area is 263 Å². The molecular formula is C32H32N4O8S. The molecule has 13 heteroatoms. The fourth-order valence-electron chi connectivity index (χ4n) is 4.66. The van der Waals surface area contributed by atoms with Gasteiger partial charge in [0.15, 0.2) is 34.7 Å². The first-order valence-corrected chi connectivity index (χ1v) is 14.7. The molecule has 0 aliphatic carbocycles. The fourth-order valence-corrected chi connectivity index (χ4v) is 5.57. The summed E-state index contributed by atoms with van der Waals surface area (Å²) in [7, 11) is 6.08. The number of thiazole rings is 1. The third kappa shape index (κ3) is 6.63. The molecule has 5 rings (SSSR count). The molecule has 0 aliphatic heterocycles. The second-order valence-electron chi connectivity index (χ2n) is 9.54. The highest BCUT2D eigenvalue weighted by Gasteiger charge is 2.20. The van der Waals surface area contributed by atoms with Gasteiger partial charge in [-0.25, -0.2) is 4.98 Å². The smallest absolute Gasteiger partial charge is 0.264 e. The second-order valence-corrected chi connectivity index (χ2v) is 10.6. The van der Waals surface area contributed by atoms with Gasteiger partial charge in [0.05, 0.1) is 56.7 Å². The predicted molar refractivity (Wildman–Crippen MR) is 171 cm³/mol. The molecule has 1 amide bonds. The van der Waals surface area contributed by atoms with Crippen LogP contribution in [0.3, 0.4) is 0 Å². The van der Waals surface area contributed by atoms with Crippen LogP contribution >= 0.6 is 11.3 Å². The van der Waals surface area contributed by atoms with Gasteiger partial charge < -0.3 is 28.4 Å². The maximum Gasteiger partial charge on any atom is 0.264 e. The van der Waals surface area contributed by atoms with Gasteiger partial charge in [-0.2, -0.15) is 9.78 Å². The molecule has 45 heavy (non-hydrogen) atoms. The molecule has 0 fully saturated rings. The molecular weight excluding hydrogens is 600 g/mol. The molecule has 0 saturated carbocycles. The van der Waals surface area contributed by atoms with Crippen molar-refractivity contribution in [1.29, 1.82) is 0 Å².